The molecule has 0 radical (unpaired) electrons. The van der Waals surface area contributed by atoms with E-state index in [4.69, 9.17) is 5.11 Å². The van der Waals surface area contributed by atoms with Crippen molar-refractivity contribution < 1.29 is 23.1 Å². The summed E-state index contributed by atoms with van der Waals surface area (Å²) < 4.78 is 38.9. The third kappa shape index (κ3) is 3.25. The van der Waals surface area contributed by atoms with Gasteiger partial charge in [0.25, 0.3) is 0 Å². The SMILES string of the molecule is O=C(CN1CCn2c(nnc2C(F)(F)F)C1)NCCO. The molecule has 1 aromatic rings. The number of hydrogen-bond donors (Lipinski definition) is 2. The van der Waals surface area contributed by atoms with E-state index in [0.717, 1.165) is 4.57 Å². The van der Waals surface area contributed by atoms with Gasteiger partial charge in [0.1, 0.15) is 5.82 Å². The molecule has 2 rings (SSSR count). The zero-order valence-corrected chi connectivity index (χ0v) is 10.5. The van der Waals surface area contributed by atoms with Crippen LogP contribution in [-0.4, -0.2) is 56.9 Å². The van der Waals surface area contributed by atoms with E-state index in [2.05, 4.69) is 15.5 Å². The third-order valence-corrected chi connectivity index (χ3v) is 2.89. The fourth-order valence-corrected chi connectivity index (χ4v) is 2.01. The first kappa shape index (κ1) is 14.7. The molecule has 0 saturated carbocycles. The van der Waals surface area contributed by atoms with E-state index < -0.39 is 12.0 Å². The van der Waals surface area contributed by atoms with Gasteiger partial charge in [-0.15, -0.1) is 10.2 Å². The highest BCUT2D eigenvalue weighted by Crippen LogP contribution is 2.29. The fraction of sp³-hybridized carbons (Fsp3) is 0.700. The lowest BCUT2D eigenvalue weighted by atomic mass is 10.3. The van der Waals surface area contributed by atoms with E-state index in [-0.39, 0.29) is 44.5 Å². The van der Waals surface area contributed by atoms with Crippen molar-refractivity contribution in [1.29, 1.82) is 0 Å². The summed E-state index contributed by atoms with van der Waals surface area (Å²) >= 11 is 0. The molecule has 0 aromatic carbocycles. The lowest BCUT2D eigenvalue weighted by Crippen LogP contribution is -2.42. The Bertz CT molecular complexity index is 488. The Balaban J connectivity index is 1.98. The van der Waals surface area contributed by atoms with Gasteiger partial charge in [-0.25, -0.2) is 0 Å². The Morgan fingerprint density at radius 3 is 2.75 bits per heavy atom. The number of alkyl halides is 3. The van der Waals surface area contributed by atoms with Crippen LogP contribution in [0, 0.1) is 0 Å². The Labute approximate surface area is 112 Å². The first-order chi connectivity index (χ1) is 9.41. The number of fused-ring (bicyclic) bond motifs is 1. The van der Waals surface area contributed by atoms with E-state index in [0.29, 0.717) is 6.54 Å². The van der Waals surface area contributed by atoms with Crippen molar-refractivity contribution in [1.82, 2.24) is 25.0 Å². The average Bonchev–Trinajstić information content (AvgIpc) is 2.79. The molecule has 0 aliphatic carbocycles. The average molecular weight is 293 g/mol. The number of carbonyl (C=O) groups is 1. The van der Waals surface area contributed by atoms with Crippen LogP contribution >= 0.6 is 0 Å². The molecule has 10 heteroatoms. The van der Waals surface area contributed by atoms with Crippen molar-refractivity contribution in [3.63, 3.8) is 0 Å². The van der Waals surface area contributed by atoms with Crippen molar-refractivity contribution in [2.45, 2.75) is 19.3 Å². The monoisotopic (exact) mass is 293 g/mol. The van der Waals surface area contributed by atoms with Crippen LogP contribution in [0.4, 0.5) is 13.2 Å². The molecule has 0 unspecified atom stereocenters. The molecular formula is C10H14F3N5O2. The maximum atomic E-state index is 12.6. The van der Waals surface area contributed by atoms with Crippen LogP contribution in [0.3, 0.4) is 0 Å². The summed E-state index contributed by atoms with van der Waals surface area (Å²) in [6.45, 7) is 0.574. The highest BCUT2D eigenvalue weighted by Gasteiger charge is 2.39. The van der Waals surface area contributed by atoms with Crippen LogP contribution in [0.25, 0.3) is 0 Å². The first-order valence-corrected chi connectivity index (χ1v) is 6.01. The van der Waals surface area contributed by atoms with Gasteiger partial charge in [0.2, 0.25) is 11.7 Å². The smallest absolute Gasteiger partial charge is 0.395 e. The van der Waals surface area contributed by atoms with Gasteiger partial charge < -0.3 is 15.0 Å². The highest BCUT2D eigenvalue weighted by atomic mass is 19.4. The maximum Gasteiger partial charge on any atom is 0.451 e. The number of hydrogen-bond acceptors (Lipinski definition) is 5. The summed E-state index contributed by atoms with van der Waals surface area (Å²) in [5.41, 5.74) is 0. The molecule has 1 aliphatic heterocycles. The second-order valence-corrected chi connectivity index (χ2v) is 4.37. The van der Waals surface area contributed by atoms with Crippen LogP contribution in [0.5, 0.6) is 0 Å². The van der Waals surface area contributed by atoms with Crippen molar-refractivity contribution >= 4 is 5.91 Å². The van der Waals surface area contributed by atoms with Gasteiger partial charge in [-0.3, -0.25) is 9.69 Å². The van der Waals surface area contributed by atoms with Gasteiger partial charge in [-0.05, 0) is 0 Å². The largest absolute Gasteiger partial charge is 0.451 e. The minimum atomic E-state index is -4.52. The molecule has 7 nitrogen and oxygen atoms in total. The number of rotatable bonds is 4. The molecule has 1 aliphatic rings. The summed E-state index contributed by atoms with van der Waals surface area (Å²) in [5.74, 6) is -1.10. The second kappa shape index (κ2) is 5.75. The van der Waals surface area contributed by atoms with Crippen LogP contribution < -0.4 is 5.32 Å². The van der Waals surface area contributed by atoms with Crippen molar-refractivity contribution in [3.8, 4) is 0 Å². The van der Waals surface area contributed by atoms with Crippen LogP contribution in [0.1, 0.15) is 11.6 Å². The van der Waals surface area contributed by atoms with E-state index in [9.17, 15) is 18.0 Å². The summed E-state index contributed by atoms with van der Waals surface area (Å²) in [6, 6.07) is 0. The van der Waals surface area contributed by atoms with E-state index >= 15 is 0 Å². The molecule has 0 saturated heterocycles. The molecule has 2 heterocycles. The molecule has 0 bridgehead atoms. The molecule has 0 fully saturated rings. The molecule has 0 spiro atoms. The van der Waals surface area contributed by atoms with Crippen LogP contribution in [-0.2, 0) is 24.1 Å². The number of halogens is 3. The lowest BCUT2D eigenvalue weighted by Gasteiger charge is -2.27. The number of aromatic nitrogens is 3. The number of nitrogens with one attached hydrogen (secondary N) is 1. The van der Waals surface area contributed by atoms with Gasteiger partial charge in [0, 0.05) is 19.6 Å². The van der Waals surface area contributed by atoms with E-state index in [1.165, 1.54) is 0 Å². The maximum absolute atomic E-state index is 12.6. The predicted octanol–water partition coefficient (Wildman–Crippen LogP) is -0.779. The molecular weight excluding hydrogens is 279 g/mol. The number of carbonyl (C=O) groups excluding carboxylic acids is 1. The highest BCUT2D eigenvalue weighted by molar-refractivity contribution is 5.77. The summed E-state index contributed by atoms with van der Waals surface area (Å²) in [6.07, 6.45) is -4.52. The summed E-state index contributed by atoms with van der Waals surface area (Å²) in [7, 11) is 0. The van der Waals surface area contributed by atoms with E-state index in [1.54, 1.807) is 4.90 Å². The topological polar surface area (TPSA) is 83.3 Å². The molecule has 1 aromatic heterocycles. The number of amides is 1. The quantitative estimate of drug-likeness (QED) is 0.761. The third-order valence-electron chi connectivity index (χ3n) is 2.89. The molecule has 112 valence electrons. The van der Waals surface area contributed by atoms with Gasteiger partial charge in [-0.2, -0.15) is 13.2 Å². The molecule has 0 atom stereocenters. The number of nitrogens with zero attached hydrogens (tertiary/aromatic N) is 4. The predicted molar refractivity (Wildman–Crippen MR) is 60.4 cm³/mol. The number of aliphatic hydroxyl groups is 1. The number of aliphatic hydroxyl groups excluding tert-OH is 1. The Kier molecular flexibility index (Phi) is 4.23. The molecule has 20 heavy (non-hydrogen) atoms. The minimum absolute atomic E-state index is 0.0498. The second-order valence-electron chi connectivity index (χ2n) is 4.37. The van der Waals surface area contributed by atoms with Gasteiger partial charge >= 0.3 is 6.18 Å². The Morgan fingerprint density at radius 2 is 2.10 bits per heavy atom. The molecule has 1 amide bonds. The van der Waals surface area contributed by atoms with Crippen molar-refractivity contribution in [2.24, 2.45) is 0 Å². The minimum Gasteiger partial charge on any atom is -0.395 e. The fourth-order valence-electron chi connectivity index (χ4n) is 2.01. The standard InChI is InChI=1S/C10H14F3N5O2/c11-10(12,13)9-16-15-7-5-17(2-3-18(7)9)6-8(20)14-1-4-19/h19H,1-6H2,(H,14,20). The van der Waals surface area contributed by atoms with E-state index in [1.807, 2.05) is 0 Å². The van der Waals surface area contributed by atoms with Gasteiger partial charge in [-0.1, -0.05) is 0 Å². The Hall–Kier alpha value is -1.68. The summed E-state index contributed by atoms with van der Waals surface area (Å²) in [5, 5.41) is 17.7. The van der Waals surface area contributed by atoms with Crippen LogP contribution in [0.15, 0.2) is 0 Å². The van der Waals surface area contributed by atoms with Gasteiger partial charge in [0.15, 0.2) is 0 Å². The lowest BCUT2D eigenvalue weighted by molar-refractivity contribution is -0.148. The Morgan fingerprint density at radius 1 is 1.35 bits per heavy atom. The summed E-state index contributed by atoms with van der Waals surface area (Å²) in [4.78, 5) is 13.1. The molecule has 2 N–H and O–H groups in total. The normalized spacial score (nSPS) is 16.0. The van der Waals surface area contributed by atoms with Crippen molar-refractivity contribution in [2.75, 3.05) is 26.2 Å². The zero-order valence-electron chi connectivity index (χ0n) is 10.5. The first-order valence-electron chi connectivity index (χ1n) is 6.01. The zero-order chi connectivity index (χ0) is 14.8. The van der Waals surface area contributed by atoms with Crippen LogP contribution in [0.2, 0.25) is 0 Å². The van der Waals surface area contributed by atoms with Crippen molar-refractivity contribution in [3.05, 3.63) is 11.6 Å². The van der Waals surface area contributed by atoms with Gasteiger partial charge in [0.05, 0.1) is 19.7 Å².